The molecule has 12 rings (SSSR count). The molecule has 0 N–H and O–H groups in total. The van der Waals surface area contributed by atoms with Crippen LogP contribution in [0, 0.1) is 0 Å². The fraction of sp³-hybridized carbons (Fsp3) is 0.500. The highest BCUT2D eigenvalue weighted by Crippen LogP contribution is 2.59. The molecule has 4 aliphatic carbocycles. The number of hydrogen-bond donors (Lipinski definition) is 0. The largest absolute Gasteiger partial charge is 0.468 e. The lowest BCUT2D eigenvalue weighted by atomic mass is 9.35. The molecule has 0 atom stereocenters. The Kier molecular flexibility index (Phi) is 9.42. The molecule has 2 bridgehead atoms. The first kappa shape index (κ1) is 45.7. The van der Waals surface area contributed by atoms with Crippen molar-refractivity contribution in [2.24, 2.45) is 0 Å². The Bertz CT molecular complexity index is 3070. The van der Waals surface area contributed by atoms with Crippen LogP contribution in [0.5, 0.6) is 0 Å². The highest BCUT2D eigenvalue weighted by Gasteiger charge is 2.51. The molecule has 5 aromatic carbocycles. The summed E-state index contributed by atoms with van der Waals surface area (Å²) in [5, 5.41) is 1.26. The molecule has 0 spiro atoms. The van der Waals surface area contributed by atoms with Gasteiger partial charge in [0.05, 0.1) is 11.3 Å². The van der Waals surface area contributed by atoms with Crippen molar-refractivity contribution < 1.29 is 4.42 Å². The second-order valence-corrected chi connectivity index (χ2v) is 28.4. The summed E-state index contributed by atoms with van der Waals surface area (Å²) in [5.74, 6) is 0. The van der Waals surface area contributed by atoms with Crippen molar-refractivity contribution in [1.29, 1.82) is 0 Å². The Hall–Kier alpha value is -4.70. The summed E-state index contributed by atoms with van der Waals surface area (Å²) in [5.41, 5.74) is 23.9. The Morgan fingerprint density at radius 1 is 0.441 bits per heavy atom. The first-order chi connectivity index (χ1) is 31.4. The molecule has 0 amide bonds. The van der Waals surface area contributed by atoms with Crippen LogP contribution in [0.2, 0.25) is 0 Å². The van der Waals surface area contributed by atoms with E-state index in [1.807, 2.05) is 0 Å². The molecule has 354 valence electrons. The maximum Gasteiger partial charge on any atom is 0.297 e. The molecule has 0 radical (unpaired) electrons. The van der Waals surface area contributed by atoms with Crippen LogP contribution < -0.4 is 26.4 Å². The maximum absolute atomic E-state index is 7.72. The zero-order chi connectivity index (χ0) is 48.8. The minimum absolute atomic E-state index is 0.0402. The SMILES string of the molecule is CC(C)(C)c1cc(N2c3ccc(C(C)(C)C)cc3B3c4oc5cc6c(cc5c4N(c4ccc5c(c4)C(C)(C)CCC5(C)C)c4cc(C(C)(C)C)cc2c43)C2(C)CCC6(C)CC2)cc(C(C)(C)C)c1. The van der Waals surface area contributed by atoms with E-state index in [2.05, 4.69) is 213 Å². The fourth-order valence-corrected chi connectivity index (χ4v) is 13.2. The van der Waals surface area contributed by atoms with Gasteiger partial charge in [0.25, 0.3) is 6.71 Å². The van der Waals surface area contributed by atoms with Crippen LogP contribution >= 0.6 is 0 Å². The predicted octanol–water partition coefficient (Wildman–Crippen LogP) is 16.2. The van der Waals surface area contributed by atoms with Gasteiger partial charge in [-0.2, -0.15) is 0 Å². The van der Waals surface area contributed by atoms with E-state index >= 15 is 0 Å². The molecular formula is C64H79BN2O. The molecule has 1 aromatic heterocycles. The zero-order valence-corrected chi connectivity index (χ0v) is 45.1. The second kappa shape index (κ2) is 14.0. The molecule has 1 saturated carbocycles. The van der Waals surface area contributed by atoms with Gasteiger partial charge in [-0.05, 0) is 192 Å². The number of hydrogen-bond acceptors (Lipinski definition) is 3. The first-order valence-electron chi connectivity index (χ1n) is 26.3. The monoisotopic (exact) mass is 903 g/mol. The van der Waals surface area contributed by atoms with Crippen molar-refractivity contribution >= 4 is 68.4 Å². The van der Waals surface area contributed by atoms with Gasteiger partial charge >= 0.3 is 0 Å². The zero-order valence-electron chi connectivity index (χ0n) is 45.1. The normalized spacial score (nSPS) is 22.5. The molecule has 6 aromatic rings. The minimum atomic E-state index is -0.123. The first-order valence-corrected chi connectivity index (χ1v) is 26.3. The van der Waals surface area contributed by atoms with E-state index in [0.29, 0.717) is 0 Å². The number of rotatable bonds is 2. The summed E-state index contributed by atoms with van der Waals surface area (Å²) in [4.78, 5) is 5.34. The molecule has 6 aliphatic rings. The fourth-order valence-electron chi connectivity index (χ4n) is 13.2. The average molecular weight is 903 g/mol. The molecule has 68 heavy (non-hydrogen) atoms. The molecule has 2 aliphatic heterocycles. The van der Waals surface area contributed by atoms with Crippen LogP contribution in [0.15, 0.2) is 83.3 Å². The van der Waals surface area contributed by atoms with Gasteiger partial charge in [-0.25, -0.2) is 0 Å². The van der Waals surface area contributed by atoms with E-state index < -0.39 is 0 Å². The molecule has 1 fully saturated rings. The van der Waals surface area contributed by atoms with Crippen molar-refractivity contribution in [3.8, 4) is 0 Å². The van der Waals surface area contributed by atoms with E-state index in [9.17, 15) is 0 Å². The van der Waals surface area contributed by atoms with Crippen LogP contribution in [0.4, 0.5) is 34.1 Å². The van der Waals surface area contributed by atoms with Gasteiger partial charge in [0.1, 0.15) is 5.58 Å². The summed E-state index contributed by atoms with van der Waals surface area (Å²) in [7, 11) is 0. The van der Waals surface area contributed by atoms with Crippen LogP contribution in [0.25, 0.3) is 11.0 Å². The van der Waals surface area contributed by atoms with E-state index in [4.69, 9.17) is 4.42 Å². The lowest BCUT2D eigenvalue weighted by Crippen LogP contribution is -2.61. The van der Waals surface area contributed by atoms with Crippen LogP contribution in [-0.2, 0) is 43.3 Å². The second-order valence-electron chi connectivity index (χ2n) is 28.4. The number of nitrogens with zero attached hydrogens (tertiary/aromatic N) is 2. The highest BCUT2D eigenvalue weighted by atomic mass is 16.3. The van der Waals surface area contributed by atoms with E-state index in [1.54, 1.807) is 5.56 Å². The molecule has 3 nitrogen and oxygen atoms in total. The van der Waals surface area contributed by atoms with Gasteiger partial charge in [0.15, 0.2) is 0 Å². The lowest BCUT2D eigenvalue weighted by molar-refractivity contribution is 0.188. The predicted molar refractivity (Wildman–Crippen MR) is 293 cm³/mol. The quantitative estimate of drug-likeness (QED) is 0.161. The van der Waals surface area contributed by atoms with Crippen molar-refractivity contribution in [2.75, 3.05) is 9.80 Å². The molecule has 0 saturated heterocycles. The smallest absolute Gasteiger partial charge is 0.297 e. The molecule has 0 unspecified atom stereocenters. The molecular weight excluding hydrogens is 824 g/mol. The van der Waals surface area contributed by atoms with Crippen molar-refractivity contribution in [1.82, 2.24) is 0 Å². The number of furan rings is 1. The molecule has 4 heteroatoms. The standard InChI is InChI=1S/C64H79BN2O/c1-57(2,3)38-19-22-50-49(32-38)65-54-51(66(50)43-30-39(58(4,5)6)29-40(31-43)59(7,8)9)33-41(60(10,11)12)34-52(54)67(42-20-21-45-46(35-42)62(15,16)24-23-61(45,13)14)55-44-36-47-48(37-53(44)68-56(55)65)64(18)27-25-63(47,17)26-28-64/h19-22,29-37H,23-28H2,1-18H3. The third-order valence-electron chi connectivity index (χ3n) is 18.3. The highest BCUT2D eigenvalue weighted by molar-refractivity contribution is 7.00. The van der Waals surface area contributed by atoms with Gasteiger partial charge < -0.3 is 14.2 Å². The number of anilines is 6. The summed E-state index contributed by atoms with van der Waals surface area (Å²) in [6, 6.07) is 32.7. The maximum atomic E-state index is 7.72. The van der Waals surface area contributed by atoms with E-state index in [0.717, 1.165) is 11.2 Å². The summed E-state index contributed by atoms with van der Waals surface area (Å²) in [6.07, 6.45) is 7.35. The topological polar surface area (TPSA) is 19.6 Å². The van der Waals surface area contributed by atoms with Gasteiger partial charge in [0, 0.05) is 33.8 Å². The summed E-state index contributed by atoms with van der Waals surface area (Å²) < 4.78 is 7.72. The lowest BCUT2D eigenvalue weighted by Gasteiger charge is -2.52. The third-order valence-corrected chi connectivity index (χ3v) is 18.3. The molecule has 3 heterocycles. The Balaban J connectivity index is 1.30. The van der Waals surface area contributed by atoms with Crippen molar-refractivity contribution in [3.05, 3.63) is 123 Å². The Labute approximate surface area is 410 Å². The van der Waals surface area contributed by atoms with Crippen molar-refractivity contribution in [3.63, 3.8) is 0 Å². The minimum Gasteiger partial charge on any atom is -0.468 e. The van der Waals surface area contributed by atoms with Gasteiger partial charge in [-0.3, -0.25) is 0 Å². The average Bonchev–Trinajstić information content (AvgIpc) is 3.62. The van der Waals surface area contributed by atoms with Crippen LogP contribution in [-0.4, -0.2) is 6.71 Å². The van der Waals surface area contributed by atoms with E-state index in [-0.39, 0.29) is 50.0 Å². The third kappa shape index (κ3) is 6.71. The Morgan fingerprint density at radius 3 is 1.51 bits per heavy atom. The van der Waals surface area contributed by atoms with E-state index in [1.165, 1.54) is 128 Å². The van der Waals surface area contributed by atoms with Crippen molar-refractivity contribution in [2.45, 2.75) is 206 Å². The van der Waals surface area contributed by atoms with Gasteiger partial charge in [-0.15, -0.1) is 0 Å². The van der Waals surface area contributed by atoms with Gasteiger partial charge in [-0.1, -0.05) is 149 Å². The Morgan fingerprint density at radius 2 is 0.956 bits per heavy atom. The number of fused-ring (bicyclic) bond motifs is 9. The van der Waals surface area contributed by atoms with Gasteiger partial charge in [0.2, 0.25) is 0 Å². The van der Waals surface area contributed by atoms with Crippen LogP contribution in [0.1, 0.15) is 208 Å². The number of benzene rings is 5. The summed E-state index contributed by atoms with van der Waals surface area (Å²) in [6.45, 7) is 43.3. The summed E-state index contributed by atoms with van der Waals surface area (Å²) >= 11 is 0. The van der Waals surface area contributed by atoms with Crippen LogP contribution in [0.3, 0.4) is 0 Å².